The van der Waals surface area contributed by atoms with E-state index in [4.69, 9.17) is 26.1 Å². The molecule has 3 aromatic carbocycles. The maximum absolute atomic E-state index is 12.4. The molecule has 0 aliphatic carbocycles. The monoisotopic (exact) mass is 517 g/mol. The number of hydrogen-bond donors (Lipinski definition) is 1. The Labute approximate surface area is 222 Å². The van der Waals surface area contributed by atoms with Crippen molar-refractivity contribution in [1.29, 1.82) is 0 Å². The van der Waals surface area contributed by atoms with Gasteiger partial charge in [0.05, 0.1) is 35.3 Å². The molecule has 0 radical (unpaired) electrons. The number of nitrogens with one attached hydrogen (secondary N) is 1. The lowest BCUT2D eigenvalue weighted by molar-refractivity contribution is 0.0953. The minimum atomic E-state index is -0.163. The van der Waals surface area contributed by atoms with Crippen LogP contribution in [-0.2, 0) is 19.4 Å². The van der Waals surface area contributed by atoms with Crippen molar-refractivity contribution in [3.8, 4) is 11.5 Å². The van der Waals surface area contributed by atoms with E-state index in [2.05, 4.69) is 22.5 Å². The number of ether oxygens (including phenoxy) is 2. The van der Waals surface area contributed by atoms with Gasteiger partial charge in [0.15, 0.2) is 11.5 Å². The highest BCUT2D eigenvalue weighted by Crippen LogP contribution is 2.28. The van der Waals surface area contributed by atoms with Gasteiger partial charge in [0.25, 0.3) is 5.91 Å². The minimum Gasteiger partial charge on any atom is -0.493 e. The van der Waals surface area contributed by atoms with E-state index in [0.29, 0.717) is 23.7 Å². The van der Waals surface area contributed by atoms with Gasteiger partial charge in [-0.2, -0.15) is 0 Å². The second-order valence-electron chi connectivity index (χ2n) is 8.69. The van der Waals surface area contributed by atoms with Crippen LogP contribution in [0.15, 0.2) is 79.4 Å². The minimum absolute atomic E-state index is 0.163. The number of fused-ring (bicyclic) bond motifs is 1. The van der Waals surface area contributed by atoms with E-state index in [0.717, 1.165) is 66.1 Å². The van der Waals surface area contributed by atoms with E-state index >= 15 is 0 Å². The molecule has 37 heavy (non-hydrogen) atoms. The summed E-state index contributed by atoms with van der Waals surface area (Å²) < 4.78 is 13.8. The van der Waals surface area contributed by atoms with Crippen LogP contribution >= 0.6 is 11.6 Å². The summed E-state index contributed by atoms with van der Waals surface area (Å²) in [6.45, 7) is 5.66. The molecule has 0 bridgehead atoms. The Morgan fingerprint density at radius 1 is 1.08 bits per heavy atom. The van der Waals surface area contributed by atoms with Gasteiger partial charge in [0.1, 0.15) is 5.82 Å². The number of nitrogens with zero attached hydrogens (tertiary/aromatic N) is 2. The second kappa shape index (κ2) is 13.0. The number of para-hydroxylation sites is 2. The van der Waals surface area contributed by atoms with Crippen molar-refractivity contribution in [3.63, 3.8) is 0 Å². The van der Waals surface area contributed by atoms with Crippen LogP contribution in [0.2, 0.25) is 5.02 Å². The smallest absolute Gasteiger partial charge is 0.252 e. The van der Waals surface area contributed by atoms with Gasteiger partial charge in [-0.15, -0.1) is 6.58 Å². The first-order chi connectivity index (χ1) is 18.1. The zero-order chi connectivity index (χ0) is 26.0. The zero-order valence-corrected chi connectivity index (χ0v) is 21.8. The Hall–Kier alpha value is -3.77. The molecule has 4 aromatic rings. The highest BCUT2D eigenvalue weighted by atomic mass is 35.5. The maximum Gasteiger partial charge on any atom is 0.252 e. The van der Waals surface area contributed by atoms with Crippen LogP contribution in [0.25, 0.3) is 11.0 Å². The van der Waals surface area contributed by atoms with Gasteiger partial charge in [0, 0.05) is 19.5 Å². The number of rotatable bonds is 13. The van der Waals surface area contributed by atoms with Crippen LogP contribution < -0.4 is 14.8 Å². The fourth-order valence-corrected chi connectivity index (χ4v) is 4.51. The predicted molar refractivity (Wildman–Crippen MR) is 149 cm³/mol. The number of imidazole rings is 1. The molecule has 0 fully saturated rings. The fourth-order valence-electron chi connectivity index (χ4n) is 4.28. The number of amides is 1. The number of halogens is 1. The lowest BCUT2D eigenvalue weighted by Gasteiger charge is -2.13. The van der Waals surface area contributed by atoms with Crippen LogP contribution in [0.5, 0.6) is 11.5 Å². The summed E-state index contributed by atoms with van der Waals surface area (Å²) in [6, 6.07) is 21.2. The van der Waals surface area contributed by atoms with Crippen LogP contribution in [0.4, 0.5) is 0 Å². The third kappa shape index (κ3) is 6.71. The lowest BCUT2D eigenvalue weighted by Crippen LogP contribution is -2.25. The first-order valence-electron chi connectivity index (χ1n) is 12.5. The Kier molecular flexibility index (Phi) is 9.22. The maximum atomic E-state index is 12.4. The molecular weight excluding hydrogens is 486 g/mol. The van der Waals surface area contributed by atoms with E-state index in [-0.39, 0.29) is 5.91 Å². The molecule has 0 unspecified atom stereocenters. The van der Waals surface area contributed by atoms with Gasteiger partial charge in [-0.25, -0.2) is 4.98 Å². The van der Waals surface area contributed by atoms with Gasteiger partial charge >= 0.3 is 0 Å². The molecule has 0 saturated heterocycles. The molecule has 1 heterocycles. The van der Waals surface area contributed by atoms with Crippen molar-refractivity contribution in [3.05, 3.63) is 101 Å². The van der Waals surface area contributed by atoms with Crippen LogP contribution in [0.3, 0.4) is 0 Å². The van der Waals surface area contributed by atoms with Gasteiger partial charge in [-0.1, -0.05) is 48.0 Å². The third-order valence-corrected chi connectivity index (χ3v) is 6.44. The number of aromatic nitrogens is 2. The van der Waals surface area contributed by atoms with Crippen molar-refractivity contribution >= 4 is 28.5 Å². The summed E-state index contributed by atoms with van der Waals surface area (Å²) in [6.07, 6.45) is 4.99. The second-order valence-corrected chi connectivity index (χ2v) is 9.09. The molecule has 7 heteroatoms. The van der Waals surface area contributed by atoms with E-state index in [9.17, 15) is 4.79 Å². The van der Waals surface area contributed by atoms with Gasteiger partial charge < -0.3 is 19.4 Å². The van der Waals surface area contributed by atoms with Crippen molar-refractivity contribution in [2.45, 2.75) is 32.2 Å². The molecule has 1 aromatic heterocycles. The summed E-state index contributed by atoms with van der Waals surface area (Å²) in [5, 5.41) is 3.41. The molecule has 0 atom stereocenters. The van der Waals surface area contributed by atoms with E-state index in [1.165, 1.54) is 0 Å². The summed E-state index contributed by atoms with van der Waals surface area (Å²) in [4.78, 5) is 17.3. The molecule has 4 rings (SSSR count). The number of carbonyl (C=O) groups excluding carboxylic acids is 1. The highest BCUT2D eigenvalue weighted by Gasteiger charge is 2.12. The average molecular weight is 518 g/mol. The summed E-state index contributed by atoms with van der Waals surface area (Å²) in [5.74, 6) is 2.30. The molecule has 1 N–H and O–H groups in total. The first-order valence-corrected chi connectivity index (χ1v) is 12.9. The molecule has 0 saturated carbocycles. The SMILES string of the molecule is C=CCc1ccc(OCCCn2c(CCCNC(=O)c3ccccc3Cl)nc3ccccc32)c(OC)c1. The molecule has 0 spiro atoms. The largest absolute Gasteiger partial charge is 0.493 e. The van der Waals surface area contributed by atoms with Crippen molar-refractivity contribution < 1.29 is 14.3 Å². The van der Waals surface area contributed by atoms with E-state index in [1.54, 1.807) is 25.3 Å². The fraction of sp³-hybridized carbons (Fsp3) is 0.267. The zero-order valence-electron chi connectivity index (χ0n) is 21.1. The third-order valence-electron chi connectivity index (χ3n) is 6.11. The van der Waals surface area contributed by atoms with E-state index in [1.807, 2.05) is 48.5 Å². The van der Waals surface area contributed by atoms with Gasteiger partial charge in [0.2, 0.25) is 0 Å². The van der Waals surface area contributed by atoms with Crippen molar-refractivity contribution in [2.75, 3.05) is 20.3 Å². The number of benzene rings is 3. The Balaban J connectivity index is 1.34. The van der Waals surface area contributed by atoms with Gasteiger partial charge in [-0.3, -0.25) is 4.79 Å². The topological polar surface area (TPSA) is 65.4 Å². The Bertz CT molecular complexity index is 1370. The number of aryl methyl sites for hydroxylation is 2. The molecule has 0 aliphatic rings. The molecule has 0 aliphatic heterocycles. The quantitative estimate of drug-likeness (QED) is 0.168. The highest BCUT2D eigenvalue weighted by molar-refractivity contribution is 6.33. The summed E-state index contributed by atoms with van der Waals surface area (Å²) in [7, 11) is 1.65. The Morgan fingerprint density at radius 3 is 2.70 bits per heavy atom. The number of carbonyl (C=O) groups is 1. The van der Waals surface area contributed by atoms with Crippen molar-refractivity contribution in [1.82, 2.24) is 14.9 Å². The lowest BCUT2D eigenvalue weighted by atomic mass is 10.1. The number of methoxy groups -OCH3 is 1. The van der Waals surface area contributed by atoms with Crippen LogP contribution in [0, 0.1) is 0 Å². The summed E-state index contributed by atoms with van der Waals surface area (Å²) in [5.41, 5.74) is 3.70. The predicted octanol–water partition coefficient (Wildman–Crippen LogP) is 6.26. The van der Waals surface area contributed by atoms with Crippen molar-refractivity contribution in [2.24, 2.45) is 0 Å². The van der Waals surface area contributed by atoms with Crippen LogP contribution in [-0.4, -0.2) is 35.7 Å². The van der Waals surface area contributed by atoms with Gasteiger partial charge in [-0.05, 0) is 61.2 Å². The van der Waals surface area contributed by atoms with E-state index < -0.39 is 0 Å². The standard InChI is InChI=1S/C30H32ClN3O3/c1-3-10-22-16-17-27(28(21-22)36-2)37-20-9-19-34-26-14-7-6-13-25(26)33-29(34)15-8-18-32-30(35)23-11-4-5-12-24(23)31/h3-7,11-14,16-17,21H,1,8-10,15,18-20H2,2H3,(H,32,35). The normalized spacial score (nSPS) is 10.9. The summed E-state index contributed by atoms with van der Waals surface area (Å²) >= 11 is 6.13. The number of hydrogen-bond acceptors (Lipinski definition) is 4. The average Bonchev–Trinajstić information content (AvgIpc) is 3.27. The number of allylic oxidation sites excluding steroid dienone is 1. The molecule has 6 nitrogen and oxygen atoms in total. The molecular formula is C30H32ClN3O3. The first kappa shape index (κ1) is 26.3. The van der Waals surface area contributed by atoms with Crippen LogP contribution in [0.1, 0.15) is 34.6 Å². The Morgan fingerprint density at radius 2 is 1.89 bits per heavy atom. The molecule has 1 amide bonds. The molecule has 192 valence electrons.